The maximum absolute atomic E-state index is 14.1. The number of ether oxygens (including phenoxy) is 1. The third kappa shape index (κ3) is 4.63. The molecule has 26 heavy (non-hydrogen) atoms. The summed E-state index contributed by atoms with van der Waals surface area (Å²) in [6, 6.07) is 15.1. The van der Waals surface area contributed by atoms with Crippen LogP contribution in [0.15, 0.2) is 48.5 Å². The summed E-state index contributed by atoms with van der Waals surface area (Å²) in [6.45, 7) is 5.36. The molecule has 0 unspecified atom stereocenters. The fraction of sp³-hybridized carbons (Fsp3) is 0.455. The van der Waals surface area contributed by atoms with Crippen molar-refractivity contribution in [3.8, 4) is 5.75 Å². The molecule has 0 spiro atoms. The van der Waals surface area contributed by atoms with Gasteiger partial charge in [-0.15, -0.1) is 0 Å². The first-order valence-electron chi connectivity index (χ1n) is 9.42. The van der Waals surface area contributed by atoms with E-state index < -0.39 is 0 Å². The molecule has 0 radical (unpaired) electrons. The van der Waals surface area contributed by atoms with Crippen molar-refractivity contribution in [2.24, 2.45) is 5.41 Å². The van der Waals surface area contributed by atoms with Crippen LogP contribution in [0, 0.1) is 11.2 Å². The Bertz CT molecular complexity index is 704. The van der Waals surface area contributed by atoms with E-state index in [1.54, 1.807) is 6.07 Å². The minimum atomic E-state index is -0.272. The van der Waals surface area contributed by atoms with Crippen LogP contribution in [0.3, 0.4) is 0 Å². The van der Waals surface area contributed by atoms with Gasteiger partial charge < -0.3 is 9.84 Å². The summed E-state index contributed by atoms with van der Waals surface area (Å²) in [5.41, 5.74) is 1.66. The Morgan fingerprint density at radius 3 is 2.62 bits per heavy atom. The molecule has 1 saturated heterocycles. The number of benzene rings is 2. The Hall–Kier alpha value is -1.91. The first-order chi connectivity index (χ1) is 12.6. The molecular weight excluding hydrogens is 329 g/mol. The van der Waals surface area contributed by atoms with Gasteiger partial charge in [0.1, 0.15) is 11.6 Å². The second kappa shape index (κ2) is 8.65. The highest BCUT2D eigenvalue weighted by molar-refractivity contribution is 5.27. The molecule has 140 valence electrons. The first kappa shape index (κ1) is 18.9. The van der Waals surface area contributed by atoms with Crippen LogP contribution in [-0.4, -0.2) is 36.3 Å². The molecule has 0 amide bonds. The summed E-state index contributed by atoms with van der Waals surface area (Å²) >= 11 is 0. The molecule has 1 N–H and O–H groups in total. The topological polar surface area (TPSA) is 32.7 Å². The van der Waals surface area contributed by atoms with Gasteiger partial charge in [-0.25, -0.2) is 4.39 Å². The van der Waals surface area contributed by atoms with Crippen LogP contribution in [0.4, 0.5) is 4.39 Å². The molecule has 3 nitrogen and oxygen atoms in total. The molecule has 1 fully saturated rings. The van der Waals surface area contributed by atoms with Gasteiger partial charge >= 0.3 is 0 Å². The number of nitrogens with zero attached hydrogens (tertiary/aromatic N) is 1. The Balaban J connectivity index is 1.67. The lowest BCUT2D eigenvalue weighted by Gasteiger charge is -2.42. The number of halogens is 1. The van der Waals surface area contributed by atoms with Crippen molar-refractivity contribution in [3.05, 3.63) is 65.5 Å². The summed E-state index contributed by atoms with van der Waals surface area (Å²) in [5, 5.41) is 10.1. The van der Waals surface area contributed by atoms with Gasteiger partial charge in [-0.1, -0.05) is 30.3 Å². The van der Waals surface area contributed by atoms with E-state index in [-0.39, 0.29) is 17.8 Å². The zero-order chi connectivity index (χ0) is 18.4. The third-order valence-electron chi connectivity index (χ3n) is 5.24. The number of hydrogen-bond acceptors (Lipinski definition) is 3. The average molecular weight is 357 g/mol. The minimum Gasteiger partial charge on any atom is -0.494 e. The van der Waals surface area contributed by atoms with E-state index >= 15 is 0 Å². The van der Waals surface area contributed by atoms with Crippen molar-refractivity contribution < 1.29 is 14.2 Å². The van der Waals surface area contributed by atoms with Gasteiger partial charge in [0.05, 0.1) is 13.2 Å². The van der Waals surface area contributed by atoms with E-state index in [4.69, 9.17) is 4.74 Å². The zero-order valence-electron chi connectivity index (χ0n) is 15.5. The van der Waals surface area contributed by atoms with Crippen LogP contribution in [0.2, 0.25) is 0 Å². The number of aliphatic hydroxyl groups excluding tert-OH is 1. The van der Waals surface area contributed by atoms with Crippen molar-refractivity contribution in [1.82, 2.24) is 4.90 Å². The molecule has 4 heteroatoms. The molecule has 1 aliphatic rings. The number of hydrogen-bond donors (Lipinski definition) is 1. The molecule has 0 bridgehead atoms. The van der Waals surface area contributed by atoms with E-state index in [0.717, 1.165) is 38.2 Å². The number of piperidine rings is 1. The van der Waals surface area contributed by atoms with Gasteiger partial charge in [0.15, 0.2) is 0 Å². The van der Waals surface area contributed by atoms with E-state index in [2.05, 4.69) is 17.0 Å². The summed E-state index contributed by atoms with van der Waals surface area (Å²) in [7, 11) is 0. The molecule has 3 rings (SSSR count). The third-order valence-corrected chi connectivity index (χ3v) is 5.24. The van der Waals surface area contributed by atoms with Crippen molar-refractivity contribution in [2.45, 2.75) is 32.7 Å². The van der Waals surface area contributed by atoms with Crippen LogP contribution < -0.4 is 4.74 Å². The largest absolute Gasteiger partial charge is 0.494 e. The molecule has 2 aromatic carbocycles. The molecule has 0 aromatic heterocycles. The quantitative estimate of drug-likeness (QED) is 0.812. The Morgan fingerprint density at radius 2 is 1.92 bits per heavy atom. The maximum Gasteiger partial charge on any atom is 0.126 e. The van der Waals surface area contributed by atoms with Crippen molar-refractivity contribution in [2.75, 3.05) is 26.3 Å². The highest BCUT2D eigenvalue weighted by Crippen LogP contribution is 2.34. The van der Waals surface area contributed by atoms with Crippen LogP contribution >= 0.6 is 0 Å². The van der Waals surface area contributed by atoms with Crippen LogP contribution in [0.1, 0.15) is 30.9 Å². The Labute approximate surface area is 155 Å². The predicted molar refractivity (Wildman–Crippen MR) is 102 cm³/mol. The molecular formula is C22H28FNO2. The van der Waals surface area contributed by atoms with Crippen LogP contribution in [0.25, 0.3) is 0 Å². The number of likely N-dealkylation sites (tertiary alicyclic amines) is 1. The van der Waals surface area contributed by atoms with Crippen molar-refractivity contribution >= 4 is 0 Å². The van der Waals surface area contributed by atoms with E-state index in [9.17, 15) is 9.50 Å². The van der Waals surface area contributed by atoms with Gasteiger partial charge in [-0.2, -0.15) is 0 Å². The summed E-state index contributed by atoms with van der Waals surface area (Å²) in [6.07, 6.45) is 2.53. The highest BCUT2D eigenvalue weighted by Gasteiger charge is 2.35. The van der Waals surface area contributed by atoms with Crippen LogP contribution in [-0.2, 0) is 13.0 Å². The molecule has 2 aromatic rings. The van der Waals surface area contributed by atoms with Gasteiger partial charge in [-0.3, -0.25) is 4.90 Å². The van der Waals surface area contributed by atoms with E-state index in [0.29, 0.717) is 18.6 Å². The number of aliphatic hydroxyl groups is 1. The smallest absolute Gasteiger partial charge is 0.126 e. The average Bonchev–Trinajstić information content (AvgIpc) is 2.66. The zero-order valence-corrected chi connectivity index (χ0v) is 15.5. The molecule has 1 aliphatic heterocycles. The van der Waals surface area contributed by atoms with Crippen molar-refractivity contribution in [3.63, 3.8) is 0 Å². The van der Waals surface area contributed by atoms with Gasteiger partial charge in [-0.05, 0) is 62.1 Å². The fourth-order valence-corrected chi connectivity index (χ4v) is 3.94. The minimum absolute atomic E-state index is 0.0844. The van der Waals surface area contributed by atoms with Crippen LogP contribution in [0.5, 0.6) is 5.75 Å². The molecule has 0 saturated carbocycles. The second-order valence-corrected chi connectivity index (χ2v) is 7.32. The van der Waals surface area contributed by atoms with Gasteiger partial charge in [0.25, 0.3) is 0 Å². The summed E-state index contributed by atoms with van der Waals surface area (Å²) in [5.74, 6) is 0.711. The highest BCUT2D eigenvalue weighted by atomic mass is 19.1. The standard InChI is InChI=1S/C22H28FNO2/c1-2-26-20-10-8-18(9-11-20)15-24-13-5-12-22(16-24,17-25)14-19-6-3-4-7-21(19)23/h3-4,6-11,25H,2,5,12-17H2,1H3/t22-/m0/s1. The lowest BCUT2D eigenvalue weighted by atomic mass is 9.75. The van der Waals surface area contributed by atoms with Gasteiger partial charge in [0, 0.05) is 18.5 Å². The molecule has 1 heterocycles. The fourth-order valence-electron chi connectivity index (χ4n) is 3.94. The Morgan fingerprint density at radius 1 is 1.15 bits per heavy atom. The number of rotatable bonds is 7. The van der Waals surface area contributed by atoms with E-state index in [1.165, 1.54) is 11.6 Å². The second-order valence-electron chi connectivity index (χ2n) is 7.32. The van der Waals surface area contributed by atoms with Crippen molar-refractivity contribution in [1.29, 1.82) is 0 Å². The Kier molecular flexibility index (Phi) is 6.28. The molecule has 1 atom stereocenters. The van der Waals surface area contributed by atoms with Gasteiger partial charge in [0.2, 0.25) is 0 Å². The lowest BCUT2D eigenvalue weighted by molar-refractivity contribution is 0.0283. The first-order valence-corrected chi connectivity index (χ1v) is 9.42. The normalized spacial score (nSPS) is 20.9. The summed E-state index contributed by atoms with van der Waals surface area (Å²) in [4.78, 5) is 2.37. The van der Waals surface area contributed by atoms with E-state index in [1.807, 2.05) is 31.2 Å². The SMILES string of the molecule is CCOc1ccc(CN2CCC[C@](CO)(Cc3ccccc3F)C2)cc1. The lowest BCUT2D eigenvalue weighted by Crippen LogP contribution is -2.46. The summed E-state index contributed by atoms with van der Waals surface area (Å²) < 4.78 is 19.6. The maximum atomic E-state index is 14.1. The predicted octanol–water partition coefficient (Wildman–Crippen LogP) is 4.04. The molecule has 0 aliphatic carbocycles. The monoisotopic (exact) mass is 357 g/mol.